The molecule has 0 atom stereocenters. The Kier molecular flexibility index (Phi) is 5.41. The lowest BCUT2D eigenvalue weighted by molar-refractivity contribution is -0.116. The molecule has 25 heavy (non-hydrogen) atoms. The molecule has 1 amide bonds. The highest BCUT2D eigenvalue weighted by atomic mass is 16.5. The standard InChI is InChI=1S/C19H20N4O2/c1-15-7-9-16(10-8-15)25-14-3-6-18(24)22-17-5-2-11-20-19(17)23-13-4-12-21-23/h2,4-5,7-13H,3,6,14H2,1H3,(H,22,24). The Balaban J connectivity index is 1.49. The van der Waals surface area contributed by atoms with Gasteiger partial charge >= 0.3 is 0 Å². The lowest BCUT2D eigenvalue weighted by Gasteiger charge is -2.10. The van der Waals surface area contributed by atoms with E-state index in [0.29, 0.717) is 31.0 Å². The average Bonchev–Trinajstić information content (AvgIpc) is 3.15. The van der Waals surface area contributed by atoms with Crippen LogP contribution in [0.25, 0.3) is 5.82 Å². The van der Waals surface area contributed by atoms with Gasteiger partial charge < -0.3 is 10.1 Å². The van der Waals surface area contributed by atoms with Crippen LogP contribution in [0.3, 0.4) is 0 Å². The van der Waals surface area contributed by atoms with Gasteiger partial charge in [0, 0.05) is 25.0 Å². The van der Waals surface area contributed by atoms with Gasteiger partial charge in [-0.3, -0.25) is 4.79 Å². The van der Waals surface area contributed by atoms with Gasteiger partial charge in [0.05, 0.1) is 12.3 Å². The van der Waals surface area contributed by atoms with Gasteiger partial charge in [-0.05, 0) is 43.7 Å². The Hall–Kier alpha value is -3.15. The minimum atomic E-state index is -0.0751. The van der Waals surface area contributed by atoms with E-state index < -0.39 is 0 Å². The molecule has 3 aromatic rings. The van der Waals surface area contributed by atoms with Crippen LogP contribution in [-0.2, 0) is 4.79 Å². The number of anilines is 1. The first-order chi connectivity index (χ1) is 12.2. The van der Waals surface area contributed by atoms with Crippen molar-refractivity contribution in [2.24, 2.45) is 0 Å². The molecule has 0 fully saturated rings. The van der Waals surface area contributed by atoms with Crippen LogP contribution in [0, 0.1) is 6.92 Å². The van der Waals surface area contributed by atoms with Crippen molar-refractivity contribution >= 4 is 11.6 Å². The molecule has 1 N–H and O–H groups in total. The van der Waals surface area contributed by atoms with Crippen molar-refractivity contribution in [3.05, 3.63) is 66.6 Å². The van der Waals surface area contributed by atoms with Gasteiger partial charge in [0.25, 0.3) is 0 Å². The molecule has 0 bridgehead atoms. The van der Waals surface area contributed by atoms with Gasteiger partial charge in [-0.2, -0.15) is 5.10 Å². The van der Waals surface area contributed by atoms with Gasteiger partial charge in [0.15, 0.2) is 5.82 Å². The number of hydrogen-bond donors (Lipinski definition) is 1. The van der Waals surface area contributed by atoms with E-state index in [-0.39, 0.29) is 5.91 Å². The largest absolute Gasteiger partial charge is 0.494 e. The average molecular weight is 336 g/mol. The molecule has 0 saturated carbocycles. The Morgan fingerprint density at radius 3 is 2.76 bits per heavy atom. The summed E-state index contributed by atoms with van der Waals surface area (Å²) in [5, 5.41) is 7.04. The molecule has 0 aliphatic heterocycles. The summed E-state index contributed by atoms with van der Waals surface area (Å²) in [6.07, 6.45) is 6.13. The number of aromatic nitrogens is 3. The molecule has 0 spiro atoms. The number of amides is 1. The highest BCUT2D eigenvalue weighted by molar-refractivity contribution is 5.92. The van der Waals surface area contributed by atoms with E-state index in [1.54, 1.807) is 29.3 Å². The van der Waals surface area contributed by atoms with Gasteiger partial charge in [-0.15, -0.1) is 0 Å². The van der Waals surface area contributed by atoms with Crippen LogP contribution in [-0.4, -0.2) is 27.3 Å². The summed E-state index contributed by atoms with van der Waals surface area (Å²) in [5.74, 6) is 1.34. The van der Waals surface area contributed by atoms with Crippen molar-refractivity contribution < 1.29 is 9.53 Å². The number of rotatable bonds is 7. The molecule has 2 aromatic heterocycles. The number of pyridine rings is 1. The first kappa shape index (κ1) is 16.7. The zero-order valence-electron chi connectivity index (χ0n) is 14.1. The number of carbonyl (C=O) groups excluding carboxylic acids is 1. The topological polar surface area (TPSA) is 69.0 Å². The molecule has 0 aliphatic rings. The third-order valence-corrected chi connectivity index (χ3v) is 3.62. The number of hydrogen-bond acceptors (Lipinski definition) is 4. The number of ether oxygens (including phenoxy) is 1. The van der Waals surface area contributed by atoms with E-state index in [1.165, 1.54) is 5.56 Å². The third kappa shape index (κ3) is 4.67. The first-order valence-electron chi connectivity index (χ1n) is 8.17. The molecular weight excluding hydrogens is 316 g/mol. The molecule has 6 heteroatoms. The molecule has 2 heterocycles. The fourth-order valence-electron chi connectivity index (χ4n) is 2.34. The maximum atomic E-state index is 12.2. The zero-order chi connectivity index (χ0) is 17.5. The molecule has 3 rings (SSSR count). The molecule has 0 aliphatic carbocycles. The van der Waals surface area contributed by atoms with Crippen LogP contribution in [0.1, 0.15) is 18.4 Å². The fraction of sp³-hybridized carbons (Fsp3) is 0.211. The molecule has 1 aromatic carbocycles. The molecule has 0 unspecified atom stereocenters. The Labute approximate surface area is 146 Å². The smallest absolute Gasteiger partial charge is 0.224 e. The first-order valence-corrected chi connectivity index (χ1v) is 8.17. The van der Waals surface area contributed by atoms with Crippen molar-refractivity contribution in [1.82, 2.24) is 14.8 Å². The minimum Gasteiger partial charge on any atom is -0.494 e. The van der Waals surface area contributed by atoms with E-state index in [9.17, 15) is 4.79 Å². The maximum Gasteiger partial charge on any atom is 0.224 e. The summed E-state index contributed by atoms with van der Waals surface area (Å²) in [4.78, 5) is 16.4. The Morgan fingerprint density at radius 2 is 2.00 bits per heavy atom. The lowest BCUT2D eigenvalue weighted by atomic mass is 10.2. The number of benzene rings is 1. The molecule has 0 radical (unpaired) electrons. The van der Waals surface area contributed by atoms with Gasteiger partial charge in [-0.1, -0.05) is 17.7 Å². The number of nitrogens with one attached hydrogen (secondary N) is 1. The highest BCUT2D eigenvalue weighted by Gasteiger charge is 2.09. The van der Waals surface area contributed by atoms with Crippen LogP contribution in [0.4, 0.5) is 5.69 Å². The van der Waals surface area contributed by atoms with E-state index in [1.807, 2.05) is 43.3 Å². The van der Waals surface area contributed by atoms with Crippen LogP contribution in [0.2, 0.25) is 0 Å². The van der Waals surface area contributed by atoms with Gasteiger partial charge in [0.2, 0.25) is 5.91 Å². The molecule has 128 valence electrons. The van der Waals surface area contributed by atoms with Crippen LogP contribution in [0.5, 0.6) is 5.75 Å². The number of carbonyl (C=O) groups is 1. The Bertz CT molecular complexity index is 814. The normalized spacial score (nSPS) is 10.4. The van der Waals surface area contributed by atoms with Gasteiger partial charge in [0.1, 0.15) is 5.75 Å². The number of aryl methyl sites for hydroxylation is 1. The van der Waals surface area contributed by atoms with Crippen molar-refractivity contribution in [2.45, 2.75) is 19.8 Å². The van der Waals surface area contributed by atoms with Gasteiger partial charge in [-0.25, -0.2) is 9.67 Å². The van der Waals surface area contributed by atoms with Crippen molar-refractivity contribution in [2.75, 3.05) is 11.9 Å². The second-order valence-corrected chi connectivity index (χ2v) is 5.64. The van der Waals surface area contributed by atoms with E-state index in [2.05, 4.69) is 15.4 Å². The summed E-state index contributed by atoms with van der Waals surface area (Å²) in [6.45, 7) is 2.53. The van der Waals surface area contributed by atoms with Crippen molar-refractivity contribution in [3.8, 4) is 11.6 Å². The summed E-state index contributed by atoms with van der Waals surface area (Å²) in [6, 6.07) is 13.3. The monoisotopic (exact) mass is 336 g/mol. The summed E-state index contributed by atoms with van der Waals surface area (Å²) >= 11 is 0. The maximum absolute atomic E-state index is 12.2. The van der Waals surface area contributed by atoms with Crippen molar-refractivity contribution in [3.63, 3.8) is 0 Å². The molecular formula is C19H20N4O2. The van der Waals surface area contributed by atoms with Crippen molar-refractivity contribution in [1.29, 1.82) is 0 Å². The van der Waals surface area contributed by atoms with Crippen LogP contribution >= 0.6 is 0 Å². The predicted octanol–water partition coefficient (Wildman–Crippen LogP) is 3.37. The fourth-order valence-corrected chi connectivity index (χ4v) is 2.34. The Morgan fingerprint density at radius 1 is 1.16 bits per heavy atom. The molecule has 0 saturated heterocycles. The van der Waals surface area contributed by atoms with Crippen LogP contribution < -0.4 is 10.1 Å². The highest BCUT2D eigenvalue weighted by Crippen LogP contribution is 2.17. The summed E-state index contributed by atoms with van der Waals surface area (Å²) in [5.41, 5.74) is 1.83. The zero-order valence-corrected chi connectivity index (χ0v) is 14.1. The summed E-state index contributed by atoms with van der Waals surface area (Å²) in [7, 11) is 0. The second-order valence-electron chi connectivity index (χ2n) is 5.64. The lowest BCUT2D eigenvalue weighted by Crippen LogP contribution is -2.15. The summed E-state index contributed by atoms with van der Waals surface area (Å²) < 4.78 is 7.26. The minimum absolute atomic E-state index is 0.0751. The third-order valence-electron chi connectivity index (χ3n) is 3.62. The van der Waals surface area contributed by atoms with E-state index in [4.69, 9.17) is 4.74 Å². The van der Waals surface area contributed by atoms with E-state index >= 15 is 0 Å². The quantitative estimate of drug-likeness (QED) is 0.672. The van der Waals surface area contributed by atoms with Crippen LogP contribution in [0.15, 0.2) is 61.1 Å². The SMILES string of the molecule is Cc1ccc(OCCCC(=O)Nc2cccnc2-n2cccn2)cc1. The number of nitrogens with zero attached hydrogens (tertiary/aromatic N) is 3. The molecule has 6 nitrogen and oxygen atoms in total. The predicted molar refractivity (Wildman–Crippen MR) is 95.9 cm³/mol. The second kappa shape index (κ2) is 8.10. The van der Waals surface area contributed by atoms with E-state index in [0.717, 1.165) is 5.75 Å².